The summed E-state index contributed by atoms with van der Waals surface area (Å²) >= 11 is 0. The summed E-state index contributed by atoms with van der Waals surface area (Å²) in [5.41, 5.74) is 1.43. The lowest BCUT2D eigenvalue weighted by atomic mass is 10.0. The van der Waals surface area contributed by atoms with Crippen molar-refractivity contribution in [2.75, 3.05) is 23.3 Å². The van der Waals surface area contributed by atoms with Gasteiger partial charge < -0.3 is 10.2 Å². The fourth-order valence-electron chi connectivity index (χ4n) is 3.34. The van der Waals surface area contributed by atoms with Gasteiger partial charge in [0.1, 0.15) is 0 Å². The first-order valence-corrected chi connectivity index (χ1v) is 7.71. The number of anilines is 2. The molecule has 6 heteroatoms. The lowest BCUT2D eigenvalue weighted by Crippen LogP contribution is -2.46. The zero-order chi connectivity index (χ0) is 16.0. The van der Waals surface area contributed by atoms with E-state index in [9.17, 15) is 13.2 Å². The van der Waals surface area contributed by atoms with Gasteiger partial charge in [-0.1, -0.05) is 12.1 Å². The molecule has 1 atom stereocenters. The predicted octanol–water partition coefficient (Wildman–Crippen LogP) is 4.16. The van der Waals surface area contributed by atoms with Crippen LogP contribution in [-0.2, 0) is 6.18 Å². The van der Waals surface area contributed by atoms with Crippen LogP contribution in [0.2, 0.25) is 0 Å². The van der Waals surface area contributed by atoms with Gasteiger partial charge in [0.2, 0.25) is 0 Å². The zero-order valence-electron chi connectivity index (χ0n) is 12.4. The number of alkyl halides is 3. The number of piperidine rings is 1. The number of nitrogens with zero attached hydrogens (tertiary/aromatic N) is 2. The first kappa shape index (κ1) is 14.4. The number of nitrogens with one attached hydrogen (secondary N) is 1. The molecule has 3 nitrogen and oxygen atoms in total. The van der Waals surface area contributed by atoms with Crippen molar-refractivity contribution in [2.45, 2.75) is 25.1 Å². The Morgan fingerprint density at radius 3 is 2.87 bits per heavy atom. The van der Waals surface area contributed by atoms with Gasteiger partial charge in [0.05, 0.1) is 16.9 Å². The normalized spacial score (nSPS) is 20.0. The molecule has 23 heavy (non-hydrogen) atoms. The van der Waals surface area contributed by atoms with Gasteiger partial charge in [0, 0.05) is 24.7 Å². The van der Waals surface area contributed by atoms with Crippen LogP contribution >= 0.6 is 0 Å². The average molecular weight is 319 g/mol. The molecule has 1 aromatic carbocycles. The van der Waals surface area contributed by atoms with Crippen LogP contribution in [0.4, 0.5) is 24.7 Å². The molecular formula is C17H16F3N3. The molecule has 2 aromatic rings. The third kappa shape index (κ3) is 2.62. The van der Waals surface area contributed by atoms with Crippen molar-refractivity contribution in [3.05, 3.63) is 42.0 Å². The number of benzene rings is 1. The molecular weight excluding hydrogens is 303 g/mol. The maximum atomic E-state index is 12.9. The molecule has 1 N–H and O–H groups in total. The maximum Gasteiger partial charge on any atom is 0.416 e. The van der Waals surface area contributed by atoms with E-state index < -0.39 is 11.7 Å². The largest absolute Gasteiger partial charge is 0.416 e. The molecule has 0 aliphatic carbocycles. The number of hydrogen-bond acceptors (Lipinski definition) is 3. The molecule has 2 bridgehead atoms. The van der Waals surface area contributed by atoms with Crippen LogP contribution in [0.1, 0.15) is 18.4 Å². The van der Waals surface area contributed by atoms with Crippen LogP contribution in [0.3, 0.4) is 0 Å². The highest BCUT2D eigenvalue weighted by Crippen LogP contribution is 2.36. The standard InChI is InChI=1S/C17H16F3N3/c18-17(19,20)12-4-1-3-11(9-12)14-6-7-15-16(22-14)21-13-5-2-8-23(15)10-13/h1,3-4,6-7,9,13H,2,5,8,10H2,(H,21,22). The molecule has 2 aliphatic heterocycles. The number of halogens is 3. The summed E-state index contributed by atoms with van der Waals surface area (Å²) in [6.45, 7) is 1.98. The molecule has 1 fully saturated rings. The summed E-state index contributed by atoms with van der Waals surface area (Å²) in [6, 6.07) is 9.44. The average Bonchev–Trinajstić information content (AvgIpc) is 2.54. The minimum absolute atomic E-state index is 0.375. The van der Waals surface area contributed by atoms with E-state index in [4.69, 9.17) is 0 Å². The van der Waals surface area contributed by atoms with Gasteiger partial charge in [-0.15, -0.1) is 0 Å². The van der Waals surface area contributed by atoms with Crippen LogP contribution in [0.15, 0.2) is 36.4 Å². The molecule has 0 amide bonds. The van der Waals surface area contributed by atoms with Crippen molar-refractivity contribution in [2.24, 2.45) is 0 Å². The van der Waals surface area contributed by atoms with Gasteiger partial charge in [0.15, 0.2) is 5.82 Å². The minimum atomic E-state index is -4.34. The van der Waals surface area contributed by atoms with E-state index in [0.29, 0.717) is 17.3 Å². The van der Waals surface area contributed by atoms with Crippen molar-refractivity contribution in [1.82, 2.24) is 4.98 Å². The first-order valence-electron chi connectivity index (χ1n) is 7.71. The van der Waals surface area contributed by atoms with Crippen LogP contribution in [0.25, 0.3) is 11.3 Å². The Hall–Kier alpha value is -2.24. The van der Waals surface area contributed by atoms with Crippen molar-refractivity contribution in [3.63, 3.8) is 0 Å². The summed E-state index contributed by atoms with van der Waals surface area (Å²) in [7, 11) is 0. The fourth-order valence-corrected chi connectivity index (χ4v) is 3.34. The lowest BCUT2D eigenvalue weighted by Gasteiger charge is -2.40. The van der Waals surface area contributed by atoms with Gasteiger partial charge in [-0.05, 0) is 37.1 Å². The molecule has 1 unspecified atom stereocenters. The van der Waals surface area contributed by atoms with Gasteiger partial charge in [-0.25, -0.2) is 4.98 Å². The third-order valence-corrected chi connectivity index (χ3v) is 4.46. The molecule has 1 saturated heterocycles. The fraction of sp³-hybridized carbons (Fsp3) is 0.353. The lowest BCUT2D eigenvalue weighted by molar-refractivity contribution is -0.137. The minimum Gasteiger partial charge on any atom is -0.366 e. The van der Waals surface area contributed by atoms with Crippen molar-refractivity contribution < 1.29 is 13.2 Å². The Morgan fingerprint density at radius 1 is 1.17 bits per heavy atom. The first-order chi connectivity index (χ1) is 11.0. The zero-order valence-corrected chi connectivity index (χ0v) is 12.4. The Balaban J connectivity index is 1.73. The number of fused-ring (bicyclic) bond motifs is 4. The second-order valence-corrected chi connectivity index (χ2v) is 6.07. The van der Waals surface area contributed by atoms with Gasteiger partial charge in [-0.2, -0.15) is 13.2 Å². The molecule has 1 aromatic heterocycles. The molecule has 0 radical (unpaired) electrons. The van der Waals surface area contributed by atoms with E-state index in [2.05, 4.69) is 15.2 Å². The molecule has 0 saturated carbocycles. The van der Waals surface area contributed by atoms with Gasteiger partial charge in [-0.3, -0.25) is 0 Å². The van der Waals surface area contributed by atoms with Crippen LogP contribution < -0.4 is 10.2 Å². The van der Waals surface area contributed by atoms with E-state index in [1.807, 2.05) is 6.07 Å². The van der Waals surface area contributed by atoms with E-state index in [-0.39, 0.29) is 0 Å². The van der Waals surface area contributed by atoms with Crippen molar-refractivity contribution >= 4 is 11.5 Å². The Bertz CT molecular complexity index is 742. The monoisotopic (exact) mass is 319 g/mol. The highest BCUT2D eigenvalue weighted by molar-refractivity contribution is 5.74. The molecule has 3 heterocycles. The summed E-state index contributed by atoms with van der Waals surface area (Å²) in [5, 5.41) is 3.41. The third-order valence-electron chi connectivity index (χ3n) is 4.46. The van der Waals surface area contributed by atoms with E-state index in [1.54, 1.807) is 12.1 Å². The smallest absolute Gasteiger partial charge is 0.366 e. The predicted molar refractivity (Wildman–Crippen MR) is 83.5 cm³/mol. The SMILES string of the molecule is FC(F)(F)c1cccc(-c2ccc3c(n2)NC2CCCN3C2)c1. The summed E-state index contributed by atoms with van der Waals surface area (Å²) in [6.07, 6.45) is -2.09. The quantitative estimate of drug-likeness (QED) is 0.855. The number of pyridine rings is 1. The molecule has 4 rings (SSSR count). The van der Waals surface area contributed by atoms with Crippen molar-refractivity contribution in [1.29, 1.82) is 0 Å². The Labute approximate surface area is 132 Å². The highest BCUT2D eigenvalue weighted by atomic mass is 19.4. The van der Waals surface area contributed by atoms with Crippen LogP contribution in [0, 0.1) is 0 Å². The van der Waals surface area contributed by atoms with Crippen LogP contribution in [0.5, 0.6) is 0 Å². The van der Waals surface area contributed by atoms with Crippen molar-refractivity contribution in [3.8, 4) is 11.3 Å². The van der Waals surface area contributed by atoms with E-state index in [1.165, 1.54) is 6.07 Å². The van der Waals surface area contributed by atoms with Gasteiger partial charge >= 0.3 is 6.18 Å². The number of rotatable bonds is 1. The number of aromatic nitrogens is 1. The Morgan fingerprint density at radius 2 is 2.04 bits per heavy atom. The summed E-state index contributed by atoms with van der Waals surface area (Å²) in [5.74, 6) is 0.774. The number of hydrogen-bond donors (Lipinski definition) is 1. The highest BCUT2D eigenvalue weighted by Gasteiger charge is 2.31. The van der Waals surface area contributed by atoms with Gasteiger partial charge in [0.25, 0.3) is 0 Å². The molecule has 2 aliphatic rings. The topological polar surface area (TPSA) is 28.2 Å². The van der Waals surface area contributed by atoms with E-state index >= 15 is 0 Å². The Kier molecular flexibility index (Phi) is 3.21. The summed E-state index contributed by atoms with van der Waals surface area (Å²) in [4.78, 5) is 6.86. The second kappa shape index (κ2) is 5.15. The second-order valence-electron chi connectivity index (χ2n) is 6.07. The maximum absolute atomic E-state index is 12.9. The molecule has 0 spiro atoms. The summed E-state index contributed by atoms with van der Waals surface area (Å²) < 4.78 is 38.6. The van der Waals surface area contributed by atoms with E-state index in [0.717, 1.165) is 49.6 Å². The molecule has 120 valence electrons. The van der Waals surface area contributed by atoms with Crippen LogP contribution in [-0.4, -0.2) is 24.1 Å².